The Balaban J connectivity index is 1.74. The Labute approximate surface area is 276 Å². The molecule has 0 bridgehead atoms. The van der Waals surface area contributed by atoms with Gasteiger partial charge in [0.05, 0.1) is 12.5 Å². The molecule has 0 saturated heterocycles. The number of esters is 4. The van der Waals surface area contributed by atoms with Gasteiger partial charge < -0.3 is 29.2 Å². The maximum atomic E-state index is 14.4. The molecule has 47 heavy (non-hydrogen) atoms. The predicted molar refractivity (Wildman–Crippen MR) is 165 cm³/mol. The number of Topliss-reactive ketones (excluding diaryl/α,β-unsaturated/α-hetero) is 2. The number of carbonyl (C=O) groups is 6. The second-order valence-corrected chi connectivity index (χ2v) is 15.2. The van der Waals surface area contributed by atoms with Crippen LogP contribution < -0.4 is 0 Å². The second-order valence-electron chi connectivity index (χ2n) is 15.2. The van der Waals surface area contributed by atoms with Crippen LogP contribution in [-0.2, 0) is 47.7 Å². The van der Waals surface area contributed by atoms with Crippen LogP contribution in [0.25, 0.3) is 0 Å². The largest absolute Gasteiger partial charge is 0.466 e. The lowest BCUT2D eigenvalue weighted by molar-refractivity contribution is -0.304. The summed E-state index contributed by atoms with van der Waals surface area (Å²) < 4.78 is 21.8. The van der Waals surface area contributed by atoms with Crippen LogP contribution in [0.4, 0.5) is 0 Å². The molecule has 4 rings (SSSR count). The lowest BCUT2D eigenvalue weighted by Gasteiger charge is -2.66. The van der Waals surface area contributed by atoms with E-state index < -0.39 is 88.2 Å². The molecule has 13 atom stereocenters. The first-order valence-corrected chi connectivity index (χ1v) is 16.9. The summed E-state index contributed by atoms with van der Waals surface area (Å²) in [5.74, 6) is -6.77. The molecule has 4 aliphatic carbocycles. The molecule has 0 spiro atoms. The van der Waals surface area contributed by atoms with Crippen molar-refractivity contribution in [2.45, 2.75) is 130 Å². The van der Waals surface area contributed by atoms with Gasteiger partial charge in [-0.05, 0) is 67.1 Å². The molecule has 0 heterocycles. The molecule has 12 nitrogen and oxygen atoms in total. The van der Waals surface area contributed by atoms with E-state index in [2.05, 4.69) is 0 Å². The SMILES string of the molecule is CC(=O)OCC(C)CCC[C@@H](C)[C@H]1C(=O)[C@H](OC(C)=O)[C@@H]2[C@]1(C)CC[C@@H]1[C@@]3(C)CC[C@H](OC(C)=O)C(=O)[C@@H]3[C@@H](OC(C)=O)[C@@H](O)[C@]12O. The quantitative estimate of drug-likeness (QED) is 0.258. The van der Waals surface area contributed by atoms with E-state index >= 15 is 0 Å². The summed E-state index contributed by atoms with van der Waals surface area (Å²) in [7, 11) is 0. The lowest BCUT2D eigenvalue weighted by atomic mass is 9.40. The first-order chi connectivity index (χ1) is 21.8. The molecule has 2 N–H and O–H groups in total. The number of aliphatic hydroxyl groups excluding tert-OH is 1. The van der Waals surface area contributed by atoms with Crippen LogP contribution in [0, 0.1) is 46.3 Å². The third kappa shape index (κ3) is 6.48. The summed E-state index contributed by atoms with van der Waals surface area (Å²) in [5.41, 5.74) is -3.99. The third-order valence-corrected chi connectivity index (χ3v) is 11.9. The minimum atomic E-state index is -2.07. The monoisotopic (exact) mass is 664 g/mol. The van der Waals surface area contributed by atoms with E-state index in [1.165, 1.54) is 20.8 Å². The van der Waals surface area contributed by atoms with Crippen LogP contribution in [0.1, 0.15) is 100 Å². The Morgan fingerprint density at radius 3 is 2.00 bits per heavy atom. The summed E-state index contributed by atoms with van der Waals surface area (Å²) in [6.45, 7) is 12.9. The minimum Gasteiger partial charge on any atom is -0.466 e. The van der Waals surface area contributed by atoms with Crippen LogP contribution in [-0.4, -0.2) is 82.3 Å². The van der Waals surface area contributed by atoms with Gasteiger partial charge in [-0.15, -0.1) is 0 Å². The average molecular weight is 665 g/mol. The van der Waals surface area contributed by atoms with Gasteiger partial charge in [0.25, 0.3) is 0 Å². The first kappa shape index (κ1) is 37.0. The minimum absolute atomic E-state index is 0.126. The fraction of sp³-hybridized carbons (Fsp3) is 0.829. The number of ketones is 2. The van der Waals surface area contributed by atoms with E-state index in [4.69, 9.17) is 18.9 Å². The maximum Gasteiger partial charge on any atom is 0.303 e. The van der Waals surface area contributed by atoms with Crippen LogP contribution in [0.2, 0.25) is 0 Å². The highest BCUT2D eigenvalue weighted by molar-refractivity contribution is 5.92. The fourth-order valence-corrected chi connectivity index (χ4v) is 10.3. The van der Waals surface area contributed by atoms with Crippen molar-refractivity contribution in [1.82, 2.24) is 0 Å². The Morgan fingerprint density at radius 2 is 1.43 bits per heavy atom. The highest BCUT2D eigenvalue weighted by Crippen LogP contribution is 2.69. The van der Waals surface area contributed by atoms with E-state index in [1.807, 2.05) is 27.7 Å². The van der Waals surface area contributed by atoms with Crippen molar-refractivity contribution in [3.63, 3.8) is 0 Å². The van der Waals surface area contributed by atoms with Gasteiger partial charge in [-0.3, -0.25) is 28.8 Å². The highest BCUT2D eigenvalue weighted by Gasteiger charge is 2.78. The van der Waals surface area contributed by atoms with Gasteiger partial charge in [0.1, 0.15) is 17.8 Å². The number of carbonyl (C=O) groups excluding carboxylic acids is 6. The summed E-state index contributed by atoms with van der Waals surface area (Å²) in [5, 5.41) is 25.2. The topological polar surface area (TPSA) is 180 Å². The normalized spacial score (nSPS) is 40.6. The molecule has 12 heteroatoms. The lowest BCUT2D eigenvalue weighted by Crippen LogP contribution is -2.77. The number of fused-ring (bicyclic) bond motifs is 5. The van der Waals surface area contributed by atoms with Gasteiger partial charge in [0.2, 0.25) is 0 Å². The summed E-state index contributed by atoms with van der Waals surface area (Å²) >= 11 is 0. The third-order valence-electron chi connectivity index (χ3n) is 11.9. The zero-order valence-electron chi connectivity index (χ0n) is 28.9. The Kier molecular flexibility index (Phi) is 10.7. The molecule has 0 aromatic heterocycles. The summed E-state index contributed by atoms with van der Waals surface area (Å²) in [6, 6.07) is 0. The molecule has 1 unspecified atom stereocenters. The van der Waals surface area contributed by atoms with Crippen LogP contribution in [0.5, 0.6) is 0 Å². The number of rotatable bonds is 10. The molecule has 0 amide bonds. The molecule has 0 aromatic carbocycles. The molecular weight excluding hydrogens is 612 g/mol. The van der Waals surface area contributed by atoms with E-state index in [-0.39, 0.29) is 30.0 Å². The van der Waals surface area contributed by atoms with E-state index in [0.717, 1.165) is 19.8 Å². The standard InChI is InChI=1S/C35H52O12/c1-17(16-44-19(3)36)10-9-11-18(2)25-28(41)30(47-22(6)39)31-34(25,8)15-13-24-33(7)14-12-23(45-20(4)37)27(40)26(33)29(46-21(5)38)32(42)35(24,31)43/h17-18,23-26,29-32,42-43H,9-16H2,1-8H3/t17?,18-,23+,24-,25+,26-,29-,30+,31-,32-,33-,34-,35+/m1/s1. The van der Waals surface area contributed by atoms with Crippen molar-refractivity contribution in [2.75, 3.05) is 6.61 Å². The maximum absolute atomic E-state index is 14.4. The number of ether oxygens (including phenoxy) is 4. The molecule has 0 aliphatic heterocycles. The Bertz CT molecular complexity index is 1280. The molecule has 4 saturated carbocycles. The smallest absolute Gasteiger partial charge is 0.303 e. The van der Waals surface area contributed by atoms with Gasteiger partial charge in [0, 0.05) is 39.5 Å². The van der Waals surface area contributed by atoms with E-state index in [9.17, 15) is 39.0 Å². The van der Waals surface area contributed by atoms with Crippen LogP contribution >= 0.6 is 0 Å². The molecule has 4 aliphatic rings. The zero-order chi connectivity index (χ0) is 35.2. The fourth-order valence-electron chi connectivity index (χ4n) is 10.3. The van der Waals surface area contributed by atoms with Gasteiger partial charge in [-0.25, -0.2) is 0 Å². The van der Waals surface area contributed by atoms with Crippen molar-refractivity contribution < 1.29 is 57.9 Å². The molecule has 264 valence electrons. The van der Waals surface area contributed by atoms with Gasteiger partial charge in [-0.1, -0.05) is 34.1 Å². The number of hydrogen-bond donors (Lipinski definition) is 2. The highest BCUT2D eigenvalue weighted by atomic mass is 16.6. The van der Waals surface area contributed by atoms with E-state index in [1.54, 1.807) is 0 Å². The van der Waals surface area contributed by atoms with Crippen molar-refractivity contribution >= 4 is 35.4 Å². The van der Waals surface area contributed by atoms with Gasteiger partial charge in [0.15, 0.2) is 23.8 Å². The molecule has 4 fully saturated rings. The van der Waals surface area contributed by atoms with Gasteiger partial charge >= 0.3 is 23.9 Å². The second kappa shape index (κ2) is 13.6. The van der Waals surface area contributed by atoms with Crippen LogP contribution in [0.3, 0.4) is 0 Å². The molecule has 0 aromatic rings. The van der Waals surface area contributed by atoms with Crippen molar-refractivity contribution in [2.24, 2.45) is 46.3 Å². The van der Waals surface area contributed by atoms with Crippen molar-refractivity contribution in [1.29, 1.82) is 0 Å². The van der Waals surface area contributed by atoms with E-state index in [0.29, 0.717) is 32.3 Å². The summed E-state index contributed by atoms with van der Waals surface area (Å²) in [6.07, 6.45) is -2.25. The molecular formula is C35H52O12. The number of hydrogen-bond acceptors (Lipinski definition) is 12. The van der Waals surface area contributed by atoms with Crippen molar-refractivity contribution in [3.05, 3.63) is 0 Å². The Morgan fingerprint density at radius 1 is 0.830 bits per heavy atom. The van der Waals surface area contributed by atoms with Crippen LogP contribution in [0.15, 0.2) is 0 Å². The number of aliphatic hydroxyl groups is 2. The zero-order valence-corrected chi connectivity index (χ0v) is 28.9. The average Bonchev–Trinajstić information content (AvgIpc) is 3.17. The van der Waals surface area contributed by atoms with Crippen molar-refractivity contribution in [3.8, 4) is 0 Å². The predicted octanol–water partition coefficient (Wildman–Crippen LogP) is 3.11. The first-order valence-electron chi connectivity index (χ1n) is 16.9. The summed E-state index contributed by atoms with van der Waals surface area (Å²) in [4.78, 5) is 76.2. The molecule has 0 radical (unpaired) electrons. The van der Waals surface area contributed by atoms with Gasteiger partial charge in [-0.2, -0.15) is 0 Å². The Hall–Kier alpha value is -2.86.